The van der Waals surface area contributed by atoms with Crippen molar-refractivity contribution in [2.75, 3.05) is 12.4 Å². The lowest BCUT2D eigenvalue weighted by molar-refractivity contribution is 0.102. The van der Waals surface area contributed by atoms with E-state index in [-0.39, 0.29) is 5.91 Å². The Labute approximate surface area is 163 Å². The molecule has 1 N–H and O–H groups in total. The Morgan fingerprint density at radius 2 is 1.79 bits per heavy atom. The first-order chi connectivity index (χ1) is 13.7. The first-order valence-corrected chi connectivity index (χ1v) is 9.09. The molecular weight excluding hydrogens is 350 g/mol. The molecule has 0 radical (unpaired) electrons. The van der Waals surface area contributed by atoms with Crippen molar-refractivity contribution in [3.63, 3.8) is 0 Å². The van der Waals surface area contributed by atoms with Gasteiger partial charge in [-0.3, -0.25) is 9.20 Å². The highest BCUT2D eigenvalue weighted by molar-refractivity contribution is 6.05. The van der Waals surface area contributed by atoms with Crippen LogP contribution < -0.4 is 5.32 Å². The van der Waals surface area contributed by atoms with Gasteiger partial charge in [-0.1, -0.05) is 48.5 Å². The van der Waals surface area contributed by atoms with Gasteiger partial charge in [-0.25, -0.2) is 4.98 Å². The molecule has 0 aliphatic carbocycles. The number of aryl methyl sites for hydroxylation is 1. The number of methoxy groups -OCH3 is 1. The van der Waals surface area contributed by atoms with E-state index < -0.39 is 0 Å². The maximum Gasteiger partial charge on any atom is 0.256 e. The van der Waals surface area contributed by atoms with Gasteiger partial charge in [0.25, 0.3) is 5.91 Å². The van der Waals surface area contributed by atoms with Gasteiger partial charge in [-0.15, -0.1) is 0 Å². The largest absolute Gasteiger partial charge is 0.380 e. The Balaban J connectivity index is 1.75. The minimum Gasteiger partial charge on any atom is -0.380 e. The second-order valence-corrected chi connectivity index (χ2v) is 6.64. The van der Waals surface area contributed by atoms with Crippen LogP contribution in [0.4, 0.5) is 5.82 Å². The number of rotatable bonds is 5. The molecule has 2 heterocycles. The van der Waals surface area contributed by atoms with Gasteiger partial charge in [-0.05, 0) is 36.2 Å². The van der Waals surface area contributed by atoms with Crippen LogP contribution in [0, 0.1) is 6.92 Å². The van der Waals surface area contributed by atoms with Crippen LogP contribution in [0.2, 0.25) is 0 Å². The zero-order valence-electron chi connectivity index (χ0n) is 15.8. The molecule has 0 aliphatic rings. The van der Waals surface area contributed by atoms with Gasteiger partial charge in [-0.2, -0.15) is 0 Å². The number of benzene rings is 2. The van der Waals surface area contributed by atoms with Gasteiger partial charge >= 0.3 is 0 Å². The Kier molecular flexibility index (Phi) is 4.91. The molecule has 1 amide bonds. The van der Waals surface area contributed by atoms with E-state index >= 15 is 0 Å². The number of nitrogens with one attached hydrogen (secondary N) is 1. The van der Waals surface area contributed by atoms with E-state index in [0.29, 0.717) is 18.0 Å². The van der Waals surface area contributed by atoms with Gasteiger partial charge in [0.1, 0.15) is 17.2 Å². The Hall–Kier alpha value is -3.44. The smallest absolute Gasteiger partial charge is 0.256 e. The fourth-order valence-corrected chi connectivity index (χ4v) is 3.22. The number of pyridine rings is 1. The number of amides is 1. The minimum atomic E-state index is -0.176. The van der Waals surface area contributed by atoms with Crippen molar-refractivity contribution in [1.29, 1.82) is 0 Å². The molecule has 4 aromatic rings. The van der Waals surface area contributed by atoms with Crippen molar-refractivity contribution in [2.45, 2.75) is 13.5 Å². The van der Waals surface area contributed by atoms with Crippen molar-refractivity contribution in [3.05, 3.63) is 89.6 Å². The van der Waals surface area contributed by atoms with Gasteiger partial charge in [0, 0.05) is 24.4 Å². The average Bonchev–Trinajstić information content (AvgIpc) is 3.09. The van der Waals surface area contributed by atoms with Gasteiger partial charge < -0.3 is 10.1 Å². The van der Waals surface area contributed by atoms with Crippen molar-refractivity contribution in [1.82, 2.24) is 9.38 Å². The number of hydrogen-bond donors (Lipinski definition) is 1. The Bertz CT molecular complexity index is 1120. The summed E-state index contributed by atoms with van der Waals surface area (Å²) >= 11 is 0. The number of imidazole rings is 1. The zero-order valence-corrected chi connectivity index (χ0v) is 15.8. The molecule has 5 nitrogen and oxygen atoms in total. The van der Waals surface area contributed by atoms with Crippen LogP contribution in [-0.4, -0.2) is 22.4 Å². The molecule has 0 atom stereocenters. The maximum atomic E-state index is 12.9. The fourth-order valence-electron chi connectivity index (χ4n) is 3.22. The lowest BCUT2D eigenvalue weighted by atomic mass is 10.1. The van der Waals surface area contributed by atoms with Crippen molar-refractivity contribution in [2.24, 2.45) is 0 Å². The third-order valence-electron chi connectivity index (χ3n) is 4.65. The molecule has 0 aliphatic heterocycles. The fraction of sp³-hybridized carbons (Fsp3) is 0.130. The van der Waals surface area contributed by atoms with E-state index in [1.165, 1.54) is 0 Å². The number of nitrogens with zero attached hydrogens (tertiary/aromatic N) is 2. The first kappa shape index (κ1) is 17.9. The molecular formula is C23H21N3O2. The number of aromatic nitrogens is 2. The predicted molar refractivity (Wildman–Crippen MR) is 110 cm³/mol. The lowest BCUT2D eigenvalue weighted by Gasteiger charge is -2.09. The number of fused-ring (bicyclic) bond motifs is 1. The van der Waals surface area contributed by atoms with E-state index in [0.717, 1.165) is 28.0 Å². The number of anilines is 1. The Morgan fingerprint density at radius 1 is 1.04 bits per heavy atom. The molecule has 2 aromatic carbocycles. The monoisotopic (exact) mass is 371 g/mol. The standard InChI is InChI=1S/C23H21N3O2/c1-16-7-6-14-26-21(16)24-20(18-8-4-3-5-9-18)22(26)25-23(27)19-12-10-17(11-13-19)15-28-2/h3-14H,15H2,1-2H3,(H,25,27). The van der Waals surface area contributed by atoms with Gasteiger partial charge in [0.05, 0.1) is 6.61 Å². The summed E-state index contributed by atoms with van der Waals surface area (Å²) in [5, 5.41) is 3.06. The van der Waals surface area contributed by atoms with Crippen molar-refractivity contribution in [3.8, 4) is 11.3 Å². The number of carbonyl (C=O) groups is 1. The van der Waals surface area contributed by atoms with Crippen LogP contribution in [0.15, 0.2) is 72.9 Å². The summed E-state index contributed by atoms with van der Waals surface area (Å²) in [4.78, 5) is 17.7. The third-order valence-corrected chi connectivity index (χ3v) is 4.65. The second-order valence-electron chi connectivity index (χ2n) is 6.64. The SMILES string of the molecule is COCc1ccc(C(=O)Nc2c(-c3ccccc3)nc3c(C)cccn23)cc1. The highest BCUT2D eigenvalue weighted by atomic mass is 16.5. The minimum absolute atomic E-state index is 0.176. The molecule has 4 rings (SSSR count). The Morgan fingerprint density at radius 3 is 2.50 bits per heavy atom. The topological polar surface area (TPSA) is 55.6 Å². The second kappa shape index (κ2) is 7.66. The number of hydrogen-bond acceptors (Lipinski definition) is 3. The number of ether oxygens (including phenoxy) is 1. The molecule has 0 unspecified atom stereocenters. The number of carbonyl (C=O) groups excluding carboxylic acids is 1. The van der Waals surface area contributed by atoms with E-state index in [1.54, 1.807) is 19.2 Å². The van der Waals surface area contributed by atoms with Crippen LogP contribution in [0.5, 0.6) is 0 Å². The van der Waals surface area contributed by atoms with Crippen LogP contribution in [0.3, 0.4) is 0 Å². The maximum absolute atomic E-state index is 12.9. The van der Waals surface area contributed by atoms with E-state index in [4.69, 9.17) is 9.72 Å². The molecule has 0 saturated heterocycles. The normalized spacial score (nSPS) is 10.9. The molecule has 0 spiro atoms. The summed E-state index contributed by atoms with van der Waals surface area (Å²) in [6.07, 6.45) is 1.92. The molecule has 5 heteroatoms. The summed E-state index contributed by atoms with van der Waals surface area (Å²) in [5.41, 5.74) is 5.18. The van der Waals surface area contributed by atoms with E-state index in [9.17, 15) is 4.79 Å². The highest BCUT2D eigenvalue weighted by Crippen LogP contribution is 2.30. The summed E-state index contributed by atoms with van der Waals surface area (Å²) in [5.74, 6) is 0.486. The molecule has 2 aromatic heterocycles. The molecule has 0 fully saturated rings. The molecule has 28 heavy (non-hydrogen) atoms. The van der Waals surface area contributed by atoms with Crippen LogP contribution in [0.25, 0.3) is 16.9 Å². The average molecular weight is 371 g/mol. The van der Waals surface area contributed by atoms with Gasteiger partial charge in [0.2, 0.25) is 0 Å². The summed E-state index contributed by atoms with van der Waals surface area (Å²) in [6.45, 7) is 2.53. The van der Waals surface area contributed by atoms with Crippen LogP contribution in [-0.2, 0) is 11.3 Å². The highest BCUT2D eigenvalue weighted by Gasteiger charge is 2.18. The lowest BCUT2D eigenvalue weighted by Crippen LogP contribution is -2.14. The summed E-state index contributed by atoms with van der Waals surface area (Å²) in [7, 11) is 1.65. The quantitative estimate of drug-likeness (QED) is 0.553. The van der Waals surface area contributed by atoms with Crippen LogP contribution in [0.1, 0.15) is 21.5 Å². The first-order valence-electron chi connectivity index (χ1n) is 9.09. The van der Waals surface area contributed by atoms with Gasteiger partial charge in [0.15, 0.2) is 0 Å². The molecule has 0 saturated carbocycles. The summed E-state index contributed by atoms with van der Waals surface area (Å²) in [6, 6.07) is 21.2. The van der Waals surface area contributed by atoms with Crippen LogP contribution >= 0.6 is 0 Å². The molecule has 0 bridgehead atoms. The molecule has 140 valence electrons. The van der Waals surface area contributed by atoms with Crippen molar-refractivity contribution < 1.29 is 9.53 Å². The van der Waals surface area contributed by atoms with E-state index in [1.807, 2.05) is 72.1 Å². The van der Waals surface area contributed by atoms with Crippen molar-refractivity contribution >= 4 is 17.4 Å². The zero-order chi connectivity index (χ0) is 19.5. The summed E-state index contributed by atoms with van der Waals surface area (Å²) < 4.78 is 7.05. The third kappa shape index (κ3) is 3.40. The predicted octanol–water partition coefficient (Wildman–Crippen LogP) is 4.71. The van der Waals surface area contributed by atoms with E-state index in [2.05, 4.69) is 5.32 Å².